The molecule has 2 rings (SSSR count). The van der Waals surface area contributed by atoms with Crippen LogP contribution < -0.4 is 5.32 Å². The zero-order chi connectivity index (χ0) is 15.2. The minimum absolute atomic E-state index is 0.00522. The third-order valence-corrected chi connectivity index (χ3v) is 4.14. The van der Waals surface area contributed by atoms with E-state index in [0.29, 0.717) is 0 Å². The summed E-state index contributed by atoms with van der Waals surface area (Å²) in [4.78, 5) is 11.8. The number of nitrogens with one attached hydrogen (secondary N) is 1. The first kappa shape index (κ1) is 15.5. The minimum atomic E-state index is -0.774. The van der Waals surface area contributed by atoms with Crippen molar-refractivity contribution in [3.05, 3.63) is 65.7 Å². The van der Waals surface area contributed by atoms with Crippen molar-refractivity contribution < 1.29 is 13.6 Å². The highest BCUT2D eigenvalue weighted by molar-refractivity contribution is 8.00. The van der Waals surface area contributed by atoms with Crippen LogP contribution >= 0.6 is 11.8 Å². The second kappa shape index (κ2) is 7.22. The molecule has 0 radical (unpaired) electrons. The Morgan fingerprint density at radius 2 is 1.90 bits per heavy atom. The summed E-state index contributed by atoms with van der Waals surface area (Å²) in [5.41, 5.74) is 1.12. The highest BCUT2D eigenvalue weighted by Crippen LogP contribution is 2.27. The predicted octanol–water partition coefficient (Wildman–Crippen LogP) is 4.40. The summed E-state index contributed by atoms with van der Waals surface area (Å²) >= 11 is 1.46. The van der Waals surface area contributed by atoms with Gasteiger partial charge in [0.1, 0.15) is 11.6 Å². The lowest BCUT2D eigenvalue weighted by Crippen LogP contribution is -2.15. The Morgan fingerprint density at radius 1 is 1.19 bits per heavy atom. The third kappa shape index (κ3) is 4.56. The molecule has 1 atom stereocenters. The quantitative estimate of drug-likeness (QED) is 0.887. The van der Waals surface area contributed by atoms with Crippen LogP contribution in [0.3, 0.4) is 0 Å². The number of rotatable bonds is 5. The number of carbonyl (C=O) groups excluding carboxylic acids is 1. The number of halogens is 2. The summed E-state index contributed by atoms with van der Waals surface area (Å²) in [6, 6.07) is 12.9. The molecule has 0 saturated carbocycles. The molecule has 0 aliphatic rings. The normalized spacial score (nSPS) is 12.0. The summed E-state index contributed by atoms with van der Waals surface area (Å²) in [5, 5.41) is 2.60. The van der Waals surface area contributed by atoms with E-state index in [-0.39, 0.29) is 22.6 Å². The fraction of sp³-hybridized carbons (Fsp3) is 0.188. The van der Waals surface area contributed by atoms with Gasteiger partial charge in [-0.15, -0.1) is 11.8 Å². The van der Waals surface area contributed by atoms with Gasteiger partial charge in [-0.3, -0.25) is 4.79 Å². The second-order valence-electron chi connectivity index (χ2n) is 4.54. The van der Waals surface area contributed by atoms with Crippen molar-refractivity contribution in [1.29, 1.82) is 0 Å². The molecule has 0 fully saturated rings. The maximum atomic E-state index is 13.4. The van der Waals surface area contributed by atoms with Gasteiger partial charge in [-0.25, -0.2) is 8.78 Å². The van der Waals surface area contributed by atoms with Gasteiger partial charge >= 0.3 is 0 Å². The fourth-order valence-electron chi connectivity index (χ4n) is 1.80. The fourth-order valence-corrected chi connectivity index (χ4v) is 2.62. The lowest BCUT2D eigenvalue weighted by atomic mass is 10.2. The van der Waals surface area contributed by atoms with Crippen LogP contribution in [0.15, 0.2) is 48.5 Å². The van der Waals surface area contributed by atoms with E-state index in [2.05, 4.69) is 5.32 Å². The Labute approximate surface area is 126 Å². The lowest BCUT2D eigenvalue weighted by Gasteiger charge is -2.12. The molecule has 0 bridgehead atoms. The molecule has 1 amide bonds. The monoisotopic (exact) mass is 307 g/mol. The van der Waals surface area contributed by atoms with Crippen LogP contribution in [0.25, 0.3) is 0 Å². The number of carbonyl (C=O) groups is 1. The zero-order valence-electron chi connectivity index (χ0n) is 11.5. The van der Waals surface area contributed by atoms with Crippen molar-refractivity contribution in [3.63, 3.8) is 0 Å². The van der Waals surface area contributed by atoms with Gasteiger partial charge in [0.25, 0.3) is 0 Å². The largest absolute Gasteiger partial charge is 0.323 e. The van der Waals surface area contributed by atoms with E-state index in [9.17, 15) is 13.6 Å². The highest BCUT2D eigenvalue weighted by atomic mass is 32.2. The van der Waals surface area contributed by atoms with E-state index in [1.54, 1.807) is 0 Å². The summed E-state index contributed by atoms with van der Waals surface area (Å²) in [5.74, 6) is -1.55. The third-order valence-electron chi connectivity index (χ3n) is 2.94. The standard InChI is InChI=1S/C16H15F2NOS/c1-11(12-5-3-2-4-6-12)21-10-16(20)19-15-8-7-13(17)9-14(15)18/h2-9,11H,10H2,1H3,(H,19,20)/t11-/m1/s1. The average molecular weight is 307 g/mol. The molecule has 1 N–H and O–H groups in total. The van der Waals surface area contributed by atoms with Crippen molar-refractivity contribution >= 4 is 23.4 Å². The Morgan fingerprint density at radius 3 is 2.57 bits per heavy atom. The van der Waals surface area contributed by atoms with Crippen molar-refractivity contribution in [3.8, 4) is 0 Å². The van der Waals surface area contributed by atoms with Gasteiger partial charge in [-0.05, 0) is 24.6 Å². The summed E-state index contributed by atoms with van der Waals surface area (Å²) in [6.07, 6.45) is 0. The van der Waals surface area contributed by atoms with E-state index in [0.717, 1.165) is 17.7 Å². The molecule has 5 heteroatoms. The van der Waals surface area contributed by atoms with Crippen molar-refractivity contribution in [2.75, 3.05) is 11.1 Å². The topological polar surface area (TPSA) is 29.1 Å². The van der Waals surface area contributed by atoms with Crippen molar-refractivity contribution in [2.45, 2.75) is 12.2 Å². The molecular weight excluding hydrogens is 292 g/mol. The Balaban J connectivity index is 1.87. The van der Waals surface area contributed by atoms with Crippen LogP contribution in [0.1, 0.15) is 17.7 Å². The second-order valence-corrected chi connectivity index (χ2v) is 5.87. The Bertz CT molecular complexity index is 619. The van der Waals surface area contributed by atoms with Gasteiger partial charge in [0.2, 0.25) is 5.91 Å². The molecule has 110 valence electrons. The van der Waals surface area contributed by atoms with Crippen LogP contribution in [0.5, 0.6) is 0 Å². The van der Waals surface area contributed by atoms with Crippen LogP contribution in [0.2, 0.25) is 0 Å². The van der Waals surface area contributed by atoms with Gasteiger partial charge in [0, 0.05) is 11.3 Å². The SMILES string of the molecule is C[C@@H](SCC(=O)Nc1ccc(F)cc1F)c1ccccc1. The van der Waals surface area contributed by atoms with Gasteiger partial charge in [-0.1, -0.05) is 30.3 Å². The Hall–Kier alpha value is -1.88. The molecule has 0 saturated heterocycles. The van der Waals surface area contributed by atoms with E-state index in [1.165, 1.54) is 17.8 Å². The summed E-state index contributed by atoms with van der Waals surface area (Å²) in [7, 11) is 0. The number of anilines is 1. The van der Waals surface area contributed by atoms with Gasteiger partial charge < -0.3 is 5.32 Å². The smallest absolute Gasteiger partial charge is 0.234 e. The number of amides is 1. The first-order valence-corrected chi connectivity index (χ1v) is 7.52. The minimum Gasteiger partial charge on any atom is -0.323 e. The van der Waals surface area contributed by atoms with Crippen molar-refractivity contribution in [2.24, 2.45) is 0 Å². The molecule has 0 spiro atoms. The zero-order valence-corrected chi connectivity index (χ0v) is 12.3. The van der Waals surface area contributed by atoms with Crippen LogP contribution in [-0.4, -0.2) is 11.7 Å². The molecule has 0 unspecified atom stereocenters. The molecule has 0 aliphatic heterocycles. The van der Waals surface area contributed by atoms with Gasteiger partial charge in [-0.2, -0.15) is 0 Å². The molecule has 21 heavy (non-hydrogen) atoms. The summed E-state index contributed by atoms with van der Waals surface area (Å²) < 4.78 is 26.2. The van der Waals surface area contributed by atoms with Crippen LogP contribution in [0.4, 0.5) is 14.5 Å². The molecule has 0 heterocycles. The molecule has 2 nitrogen and oxygen atoms in total. The van der Waals surface area contributed by atoms with Crippen LogP contribution in [-0.2, 0) is 4.79 Å². The molecule has 0 aromatic heterocycles. The number of thioether (sulfide) groups is 1. The molecule has 2 aromatic carbocycles. The average Bonchev–Trinajstić information content (AvgIpc) is 2.48. The first-order chi connectivity index (χ1) is 10.1. The van der Waals surface area contributed by atoms with E-state index in [1.807, 2.05) is 37.3 Å². The van der Waals surface area contributed by atoms with Gasteiger partial charge in [0.15, 0.2) is 0 Å². The molecule has 0 aliphatic carbocycles. The Kier molecular flexibility index (Phi) is 5.33. The molecule has 2 aromatic rings. The highest BCUT2D eigenvalue weighted by Gasteiger charge is 2.11. The van der Waals surface area contributed by atoms with E-state index >= 15 is 0 Å². The summed E-state index contributed by atoms with van der Waals surface area (Å²) in [6.45, 7) is 2.01. The molecular formula is C16H15F2NOS. The number of hydrogen-bond acceptors (Lipinski definition) is 2. The van der Waals surface area contributed by atoms with Crippen molar-refractivity contribution in [1.82, 2.24) is 0 Å². The maximum absolute atomic E-state index is 13.4. The number of benzene rings is 2. The van der Waals surface area contributed by atoms with Gasteiger partial charge in [0.05, 0.1) is 11.4 Å². The van der Waals surface area contributed by atoms with E-state index in [4.69, 9.17) is 0 Å². The van der Waals surface area contributed by atoms with E-state index < -0.39 is 11.6 Å². The lowest BCUT2D eigenvalue weighted by molar-refractivity contribution is -0.113. The number of hydrogen-bond donors (Lipinski definition) is 1. The maximum Gasteiger partial charge on any atom is 0.234 e. The van der Waals surface area contributed by atoms with Crippen LogP contribution in [0, 0.1) is 11.6 Å². The first-order valence-electron chi connectivity index (χ1n) is 6.47. The predicted molar refractivity (Wildman–Crippen MR) is 82.3 cm³/mol.